The highest BCUT2D eigenvalue weighted by atomic mass is 15.8. The van der Waals surface area contributed by atoms with Crippen molar-refractivity contribution in [2.24, 2.45) is 0 Å². The Bertz CT molecular complexity index is 88.9. The minimum Gasteiger partial charge on any atom is -0.245 e. The molecular weight excluding hydrogens is 126 g/mol. The fourth-order valence-electron chi connectivity index (χ4n) is 1.32. The van der Waals surface area contributed by atoms with E-state index in [1.807, 2.05) is 7.05 Å². The van der Waals surface area contributed by atoms with Gasteiger partial charge in [-0.05, 0) is 12.8 Å². The summed E-state index contributed by atoms with van der Waals surface area (Å²) in [5.74, 6) is 0. The van der Waals surface area contributed by atoms with Gasteiger partial charge in [-0.1, -0.05) is 6.42 Å². The van der Waals surface area contributed by atoms with E-state index in [1.54, 1.807) is 0 Å². The number of piperidine rings is 1. The summed E-state index contributed by atoms with van der Waals surface area (Å²) in [4.78, 5) is 0. The molecule has 1 fully saturated rings. The molecule has 0 bridgehead atoms. The van der Waals surface area contributed by atoms with Gasteiger partial charge in [0.15, 0.2) is 0 Å². The molecule has 0 unspecified atom stereocenters. The first kappa shape index (κ1) is 7.98. The summed E-state index contributed by atoms with van der Waals surface area (Å²) in [6.45, 7) is 2.41. The van der Waals surface area contributed by atoms with Crippen LogP contribution in [0.25, 0.3) is 0 Å². The molecule has 60 valence electrons. The monoisotopic (exact) mass is 143 g/mol. The summed E-state index contributed by atoms with van der Waals surface area (Å²) in [6.07, 6.45) is 4.08. The van der Waals surface area contributed by atoms with Gasteiger partial charge in [-0.3, -0.25) is 0 Å². The van der Waals surface area contributed by atoms with Crippen molar-refractivity contribution >= 4 is 0 Å². The average molecular weight is 143 g/mol. The van der Waals surface area contributed by atoms with Crippen LogP contribution in [0, 0.1) is 0 Å². The summed E-state index contributed by atoms with van der Waals surface area (Å²) in [7, 11) is 4.01. The molecule has 0 atom stereocenters. The fraction of sp³-hybridized carbons (Fsp3) is 1.00. The molecule has 0 radical (unpaired) electrons. The number of rotatable bonds is 2. The third kappa shape index (κ3) is 1.94. The van der Waals surface area contributed by atoms with Crippen molar-refractivity contribution in [3.63, 3.8) is 0 Å². The van der Waals surface area contributed by atoms with Gasteiger partial charge < -0.3 is 0 Å². The van der Waals surface area contributed by atoms with Crippen LogP contribution in [-0.4, -0.2) is 37.3 Å². The Labute approximate surface area is 62.9 Å². The van der Waals surface area contributed by atoms with Crippen molar-refractivity contribution in [1.29, 1.82) is 0 Å². The van der Waals surface area contributed by atoms with Gasteiger partial charge in [0.25, 0.3) is 0 Å². The predicted octanol–water partition coefficient (Wildman–Crippen LogP) is 0.453. The van der Waals surface area contributed by atoms with Crippen molar-refractivity contribution in [1.82, 2.24) is 15.6 Å². The van der Waals surface area contributed by atoms with E-state index in [0.717, 1.165) is 0 Å². The molecule has 0 saturated carbocycles. The lowest BCUT2D eigenvalue weighted by Crippen LogP contribution is -2.48. The molecule has 10 heavy (non-hydrogen) atoms. The zero-order valence-electron chi connectivity index (χ0n) is 6.93. The first-order valence-corrected chi connectivity index (χ1v) is 4.00. The molecule has 0 aliphatic carbocycles. The maximum Gasteiger partial charge on any atom is 0.0176 e. The van der Waals surface area contributed by atoms with Gasteiger partial charge in [-0.15, -0.1) is 0 Å². The smallest absolute Gasteiger partial charge is 0.0176 e. The first-order chi connectivity index (χ1) is 4.84. The van der Waals surface area contributed by atoms with E-state index in [4.69, 9.17) is 0 Å². The van der Waals surface area contributed by atoms with Crippen LogP contribution in [0.15, 0.2) is 0 Å². The standard InChI is InChI=1S/C7H17N3/c1-8-9(2)10-6-4-3-5-7-10/h8H,3-7H2,1-2H3. The minimum atomic E-state index is 1.21. The van der Waals surface area contributed by atoms with E-state index in [2.05, 4.69) is 22.6 Å². The topological polar surface area (TPSA) is 18.5 Å². The minimum absolute atomic E-state index is 1.21. The SMILES string of the molecule is CNN(C)N1CCCCC1. The lowest BCUT2D eigenvalue weighted by atomic mass is 10.2. The normalized spacial score (nSPS) is 21.9. The van der Waals surface area contributed by atoms with Gasteiger partial charge in [0.1, 0.15) is 0 Å². The van der Waals surface area contributed by atoms with E-state index >= 15 is 0 Å². The van der Waals surface area contributed by atoms with Crippen LogP contribution in [-0.2, 0) is 0 Å². The third-order valence-electron chi connectivity index (χ3n) is 2.08. The molecule has 1 aliphatic rings. The van der Waals surface area contributed by atoms with E-state index in [-0.39, 0.29) is 0 Å². The summed E-state index contributed by atoms with van der Waals surface area (Å²) in [5, 5.41) is 4.41. The zero-order chi connectivity index (χ0) is 7.40. The summed E-state index contributed by atoms with van der Waals surface area (Å²) >= 11 is 0. The quantitative estimate of drug-likeness (QED) is 0.566. The lowest BCUT2D eigenvalue weighted by Gasteiger charge is -2.33. The van der Waals surface area contributed by atoms with Crippen LogP contribution in [0.4, 0.5) is 0 Å². The van der Waals surface area contributed by atoms with Crippen LogP contribution in [0.2, 0.25) is 0 Å². The molecule has 1 heterocycles. The lowest BCUT2D eigenvalue weighted by molar-refractivity contribution is -0.0516. The summed E-state index contributed by atoms with van der Waals surface area (Å²) < 4.78 is 0. The van der Waals surface area contributed by atoms with Gasteiger partial charge in [-0.2, -0.15) is 5.12 Å². The number of hydrazine groups is 2. The van der Waals surface area contributed by atoms with Crippen LogP contribution in [0.3, 0.4) is 0 Å². The Morgan fingerprint density at radius 1 is 1.20 bits per heavy atom. The number of nitrogens with one attached hydrogen (secondary N) is 1. The molecule has 1 aliphatic heterocycles. The van der Waals surface area contributed by atoms with Gasteiger partial charge in [0, 0.05) is 27.2 Å². The highest BCUT2D eigenvalue weighted by Gasteiger charge is 2.12. The molecule has 0 aromatic rings. The second-order valence-corrected chi connectivity index (χ2v) is 2.76. The predicted molar refractivity (Wildman–Crippen MR) is 42.2 cm³/mol. The highest BCUT2D eigenvalue weighted by molar-refractivity contribution is 4.59. The number of hydrogen-bond donors (Lipinski definition) is 1. The van der Waals surface area contributed by atoms with Gasteiger partial charge >= 0.3 is 0 Å². The van der Waals surface area contributed by atoms with Crippen molar-refractivity contribution in [3.05, 3.63) is 0 Å². The van der Waals surface area contributed by atoms with Crippen molar-refractivity contribution in [2.75, 3.05) is 27.2 Å². The van der Waals surface area contributed by atoms with Crippen LogP contribution in [0.5, 0.6) is 0 Å². The molecular formula is C7H17N3. The Kier molecular flexibility index (Phi) is 3.12. The van der Waals surface area contributed by atoms with Crippen molar-refractivity contribution < 1.29 is 0 Å². The fourth-order valence-corrected chi connectivity index (χ4v) is 1.32. The van der Waals surface area contributed by atoms with E-state index < -0.39 is 0 Å². The average Bonchev–Trinajstić information content (AvgIpc) is 2.05. The Morgan fingerprint density at radius 2 is 1.80 bits per heavy atom. The maximum atomic E-state index is 3.09. The maximum absolute atomic E-state index is 3.09. The van der Waals surface area contributed by atoms with Crippen LogP contribution >= 0.6 is 0 Å². The molecule has 0 amide bonds. The van der Waals surface area contributed by atoms with Crippen LogP contribution < -0.4 is 5.43 Å². The molecule has 0 aromatic heterocycles. The second-order valence-electron chi connectivity index (χ2n) is 2.76. The largest absolute Gasteiger partial charge is 0.245 e. The van der Waals surface area contributed by atoms with E-state index in [9.17, 15) is 0 Å². The Morgan fingerprint density at radius 3 is 2.30 bits per heavy atom. The number of hydrogen-bond acceptors (Lipinski definition) is 3. The van der Waals surface area contributed by atoms with Crippen molar-refractivity contribution in [3.8, 4) is 0 Å². The molecule has 1 N–H and O–H groups in total. The van der Waals surface area contributed by atoms with Crippen LogP contribution in [0.1, 0.15) is 19.3 Å². The van der Waals surface area contributed by atoms with Gasteiger partial charge in [0.05, 0.1) is 0 Å². The molecule has 1 saturated heterocycles. The van der Waals surface area contributed by atoms with Crippen molar-refractivity contribution in [2.45, 2.75) is 19.3 Å². The highest BCUT2D eigenvalue weighted by Crippen LogP contribution is 2.08. The summed E-state index contributed by atoms with van der Waals surface area (Å²) in [5.41, 5.74) is 3.09. The third-order valence-corrected chi connectivity index (χ3v) is 2.08. The summed E-state index contributed by atoms with van der Waals surface area (Å²) in [6, 6.07) is 0. The Balaban J connectivity index is 2.24. The molecule has 3 heteroatoms. The van der Waals surface area contributed by atoms with Gasteiger partial charge in [-0.25, -0.2) is 10.4 Å². The molecule has 1 rings (SSSR count). The first-order valence-electron chi connectivity index (χ1n) is 4.00. The molecule has 0 aromatic carbocycles. The molecule has 0 spiro atoms. The van der Waals surface area contributed by atoms with E-state index in [0.29, 0.717) is 0 Å². The number of nitrogens with zero attached hydrogens (tertiary/aromatic N) is 2. The molecule has 3 nitrogen and oxygen atoms in total. The zero-order valence-corrected chi connectivity index (χ0v) is 6.93. The second kappa shape index (κ2) is 3.91. The van der Waals surface area contributed by atoms with E-state index in [1.165, 1.54) is 32.4 Å². The Hall–Kier alpha value is -0.120. The van der Waals surface area contributed by atoms with Gasteiger partial charge in [0.2, 0.25) is 0 Å².